The van der Waals surface area contributed by atoms with E-state index < -0.39 is 11.5 Å². The number of hydrogen-bond acceptors (Lipinski definition) is 4. The van der Waals surface area contributed by atoms with Gasteiger partial charge >= 0.3 is 5.97 Å². The van der Waals surface area contributed by atoms with E-state index in [0.717, 1.165) is 0 Å². The van der Waals surface area contributed by atoms with Crippen LogP contribution in [0.25, 0.3) is 0 Å². The van der Waals surface area contributed by atoms with Crippen LogP contribution in [-0.2, 0) is 14.4 Å². The molecule has 1 N–H and O–H groups in total. The van der Waals surface area contributed by atoms with Gasteiger partial charge in [0.15, 0.2) is 13.6 Å². The van der Waals surface area contributed by atoms with Crippen molar-refractivity contribution in [2.24, 2.45) is 0 Å². The Bertz CT molecular complexity index is 231. The van der Waals surface area contributed by atoms with Gasteiger partial charge in [0.2, 0.25) is 0 Å². The van der Waals surface area contributed by atoms with Crippen molar-refractivity contribution in [3.8, 4) is 0 Å². The molecular formula is C6H9BO4. The first kappa shape index (κ1) is 8.13. The predicted molar refractivity (Wildman–Crippen MR) is 39.5 cm³/mol. The maximum absolute atomic E-state index is 10.9. The summed E-state index contributed by atoms with van der Waals surface area (Å²) in [6.07, 6.45) is 0. The molecule has 0 aromatic carbocycles. The van der Waals surface area contributed by atoms with Gasteiger partial charge in [-0.05, 0) is 13.8 Å². The fraction of sp³-hybridized carbons (Fsp3) is 0.500. The predicted octanol–water partition coefficient (Wildman–Crippen LogP) is -0.344. The van der Waals surface area contributed by atoms with Gasteiger partial charge in [-0.15, -0.1) is 0 Å². The van der Waals surface area contributed by atoms with Crippen molar-refractivity contribution in [2.75, 3.05) is 0 Å². The Morgan fingerprint density at radius 3 is 2.45 bits per heavy atom. The zero-order chi connectivity index (χ0) is 8.65. The number of hydrogen-bond donors (Lipinski definition) is 1. The van der Waals surface area contributed by atoms with Crippen molar-refractivity contribution in [1.29, 1.82) is 0 Å². The second kappa shape index (κ2) is 2.27. The van der Waals surface area contributed by atoms with Gasteiger partial charge in [-0.25, -0.2) is 10.1 Å². The first-order valence-corrected chi connectivity index (χ1v) is 3.25. The third-order valence-electron chi connectivity index (χ3n) is 1.63. The molecule has 0 bridgehead atoms. The third kappa shape index (κ3) is 1.11. The second-order valence-corrected chi connectivity index (χ2v) is 2.95. The average molecular weight is 156 g/mol. The molecule has 0 saturated heterocycles. The van der Waals surface area contributed by atoms with Crippen molar-refractivity contribution in [3.05, 3.63) is 11.3 Å². The Labute approximate surface area is 65.1 Å². The van der Waals surface area contributed by atoms with Gasteiger partial charge < -0.3 is 9.62 Å². The molecule has 5 heteroatoms. The van der Waals surface area contributed by atoms with E-state index in [2.05, 4.69) is 4.89 Å². The minimum absolute atomic E-state index is 0.183. The summed E-state index contributed by atoms with van der Waals surface area (Å²) in [5, 5.41) is 8.40. The molecule has 0 aromatic rings. The highest BCUT2D eigenvalue weighted by Gasteiger charge is 2.40. The van der Waals surface area contributed by atoms with Crippen LogP contribution in [0.5, 0.6) is 0 Å². The molecule has 1 aliphatic rings. The van der Waals surface area contributed by atoms with E-state index in [9.17, 15) is 4.79 Å². The van der Waals surface area contributed by atoms with E-state index in [-0.39, 0.29) is 5.76 Å². The van der Waals surface area contributed by atoms with E-state index in [1.807, 2.05) is 0 Å². The Balaban J connectivity index is 3.06. The number of ether oxygens (including phenoxy) is 1. The number of esters is 1. The lowest BCUT2D eigenvalue weighted by molar-refractivity contribution is -0.217. The SMILES string of the molecule is BC1(C)OC(=O)C(C)=C1OO. The highest BCUT2D eigenvalue weighted by molar-refractivity contribution is 6.19. The molecule has 0 aliphatic carbocycles. The van der Waals surface area contributed by atoms with Crippen LogP contribution in [0.15, 0.2) is 11.3 Å². The van der Waals surface area contributed by atoms with Crippen LogP contribution in [0.1, 0.15) is 13.8 Å². The molecule has 0 amide bonds. The van der Waals surface area contributed by atoms with E-state index in [4.69, 9.17) is 9.99 Å². The molecule has 1 unspecified atom stereocenters. The lowest BCUT2D eigenvalue weighted by Gasteiger charge is -2.17. The molecule has 1 atom stereocenters. The largest absolute Gasteiger partial charge is 0.458 e. The molecule has 0 saturated carbocycles. The quantitative estimate of drug-likeness (QED) is 0.244. The number of carbonyl (C=O) groups is 1. The van der Waals surface area contributed by atoms with Gasteiger partial charge in [0.25, 0.3) is 0 Å². The van der Waals surface area contributed by atoms with Crippen LogP contribution >= 0.6 is 0 Å². The maximum atomic E-state index is 10.9. The molecule has 1 aliphatic heterocycles. The van der Waals surface area contributed by atoms with Gasteiger partial charge in [-0.1, -0.05) is 0 Å². The van der Waals surface area contributed by atoms with E-state index in [1.165, 1.54) is 0 Å². The normalized spacial score (nSPS) is 30.6. The summed E-state index contributed by atoms with van der Waals surface area (Å²) in [5.74, 6) is -0.262. The molecule has 60 valence electrons. The average Bonchev–Trinajstić information content (AvgIpc) is 2.03. The smallest absolute Gasteiger partial charge is 0.337 e. The van der Waals surface area contributed by atoms with Gasteiger partial charge in [-0.3, -0.25) is 0 Å². The monoisotopic (exact) mass is 156 g/mol. The lowest BCUT2D eigenvalue weighted by atomic mass is 9.82. The van der Waals surface area contributed by atoms with Crippen molar-refractivity contribution in [1.82, 2.24) is 0 Å². The highest BCUT2D eigenvalue weighted by Crippen LogP contribution is 2.29. The lowest BCUT2D eigenvalue weighted by Crippen LogP contribution is -2.28. The molecular weight excluding hydrogens is 147 g/mol. The standard InChI is InChI=1S/C6H9BO4/c1-3-4(11-9)6(2,7)10-5(3)8/h9H,7H2,1-2H3. The zero-order valence-corrected chi connectivity index (χ0v) is 6.67. The Morgan fingerprint density at radius 2 is 2.27 bits per heavy atom. The first-order valence-electron chi connectivity index (χ1n) is 3.25. The maximum Gasteiger partial charge on any atom is 0.337 e. The molecule has 4 nitrogen and oxygen atoms in total. The summed E-state index contributed by atoms with van der Waals surface area (Å²) in [7, 11) is 1.65. The molecule has 1 heterocycles. The van der Waals surface area contributed by atoms with E-state index in [0.29, 0.717) is 5.57 Å². The summed E-state index contributed by atoms with van der Waals surface area (Å²) in [6.45, 7) is 3.19. The van der Waals surface area contributed by atoms with Crippen LogP contribution in [0.3, 0.4) is 0 Å². The Morgan fingerprint density at radius 1 is 1.73 bits per heavy atom. The molecule has 0 spiro atoms. The first-order chi connectivity index (χ1) is 4.99. The molecule has 0 radical (unpaired) electrons. The third-order valence-corrected chi connectivity index (χ3v) is 1.63. The van der Waals surface area contributed by atoms with E-state index >= 15 is 0 Å². The Hall–Kier alpha value is -0.965. The molecule has 0 aromatic heterocycles. The van der Waals surface area contributed by atoms with Crippen molar-refractivity contribution in [3.63, 3.8) is 0 Å². The summed E-state index contributed by atoms with van der Waals surface area (Å²) in [6, 6.07) is 0. The van der Waals surface area contributed by atoms with Crippen LogP contribution < -0.4 is 0 Å². The Kier molecular flexibility index (Phi) is 1.68. The van der Waals surface area contributed by atoms with E-state index in [1.54, 1.807) is 21.7 Å². The summed E-state index contributed by atoms with van der Waals surface area (Å²) in [4.78, 5) is 14.9. The highest BCUT2D eigenvalue weighted by atomic mass is 17.1. The number of carbonyl (C=O) groups excluding carboxylic acids is 1. The van der Waals surface area contributed by atoms with Gasteiger partial charge in [-0.2, -0.15) is 0 Å². The fourth-order valence-corrected chi connectivity index (χ4v) is 1.08. The van der Waals surface area contributed by atoms with Crippen LogP contribution in [0.4, 0.5) is 0 Å². The van der Waals surface area contributed by atoms with Crippen LogP contribution in [0.2, 0.25) is 0 Å². The van der Waals surface area contributed by atoms with Crippen LogP contribution in [-0.4, -0.2) is 24.6 Å². The summed E-state index contributed by atoms with van der Waals surface area (Å²) >= 11 is 0. The van der Waals surface area contributed by atoms with Crippen molar-refractivity contribution >= 4 is 13.8 Å². The molecule has 11 heavy (non-hydrogen) atoms. The van der Waals surface area contributed by atoms with Crippen molar-refractivity contribution in [2.45, 2.75) is 19.3 Å². The molecule has 1 rings (SSSR count). The van der Waals surface area contributed by atoms with Gasteiger partial charge in [0.1, 0.15) is 5.50 Å². The van der Waals surface area contributed by atoms with Gasteiger partial charge in [0, 0.05) is 0 Å². The minimum atomic E-state index is -0.837. The number of rotatable bonds is 1. The van der Waals surface area contributed by atoms with Crippen LogP contribution in [0, 0.1) is 0 Å². The van der Waals surface area contributed by atoms with Crippen molar-refractivity contribution < 1.29 is 19.7 Å². The summed E-state index contributed by atoms with van der Waals surface area (Å²) < 4.78 is 4.87. The topological polar surface area (TPSA) is 55.8 Å². The second-order valence-electron chi connectivity index (χ2n) is 2.95. The zero-order valence-electron chi connectivity index (χ0n) is 6.67. The molecule has 0 fully saturated rings. The number of cyclic esters (lactones) is 1. The fourth-order valence-electron chi connectivity index (χ4n) is 1.08. The van der Waals surface area contributed by atoms with Gasteiger partial charge in [0.05, 0.1) is 5.57 Å². The summed E-state index contributed by atoms with van der Waals surface area (Å²) in [5.41, 5.74) is -0.520. The minimum Gasteiger partial charge on any atom is -0.458 e.